The van der Waals surface area contributed by atoms with Crippen molar-refractivity contribution in [3.63, 3.8) is 0 Å². The van der Waals surface area contributed by atoms with Crippen LogP contribution in [-0.2, 0) is 0 Å². The second-order valence-electron chi connectivity index (χ2n) is 0.500. The van der Waals surface area contributed by atoms with Crippen LogP contribution in [0, 0.1) is 0 Å². The van der Waals surface area contributed by atoms with Gasteiger partial charge in [-0.2, -0.15) is 0 Å². The summed E-state index contributed by atoms with van der Waals surface area (Å²) in [5.74, 6) is 0. The maximum Gasteiger partial charge on any atom is 1.00 e. The van der Waals surface area contributed by atoms with E-state index >= 15 is 0 Å². The first-order valence-electron chi connectivity index (χ1n) is 1.00. The first kappa shape index (κ1) is 8.82. The molecule has 0 aliphatic heterocycles. The molecule has 0 aromatic heterocycles. The van der Waals surface area contributed by atoms with Crippen LogP contribution in [-0.4, -0.2) is 14.1 Å². The zero-order valence-corrected chi connectivity index (χ0v) is 3.50. The molecule has 0 heterocycles. The van der Waals surface area contributed by atoms with Gasteiger partial charge in [0.15, 0.2) is 0 Å². The Morgan fingerprint density at radius 2 is 1.25 bits per heavy atom. The molecule has 0 rings (SSSR count). The SMILES string of the molecule is CNC.[Li+]. The molecule has 20 valence electrons. The van der Waals surface area contributed by atoms with Crippen LogP contribution in [0.25, 0.3) is 0 Å². The van der Waals surface area contributed by atoms with Gasteiger partial charge < -0.3 is 5.32 Å². The monoisotopic (exact) mass is 52.1 g/mol. The molecule has 2 heteroatoms. The maximum absolute atomic E-state index is 2.75. The summed E-state index contributed by atoms with van der Waals surface area (Å²) in [4.78, 5) is 0. The van der Waals surface area contributed by atoms with E-state index in [1.54, 1.807) is 0 Å². The number of hydrogen-bond acceptors (Lipinski definition) is 1. The molecule has 0 fully saturated rings. The minimum absolute atomic E-state index is 0. The summed E-state index contributed by atoms with van der Waals surface area (Å²) in [5, 5.41) is 2.75. The van der Waals surface area contributed by atoms with Crippen molar-refractivity contribution in [1.29, 1.82) is 0 Å². The van der Waals surface area contributed by atoms with Crippen molar-refractivity contribution >= 4 is 0 Å². The zero-order valence-electron chi connectivity index (χ0n) is 3.50. The van der Waals surface area contributed by atoms with Crippen molar-refractivity contribution in [3.8, 4) is 0 Å². The summed E-state index contributed by atoms with van der Waals surface area (Å²) in [7, 11) is 3.75. The van der Waals surface area contributed by atoms with Crippen LogP contribution in [0.2, 0.25) is 0 Å². The third-order valence-electron chi connectivity index (χ3n) is 0. The number of rotatable bonds is 0. The summed E-state index contributed by atoms with van der Waals surface area (Å²) < 4.78 is 0. The molecule has 1 nitrogen and oxygen atoms in total. The first-order valence-corrected chi connectivity index (χ1v) is 1.00. The van der Waals surface area contributed by atoms with E-state index in [2.05, 4.69) is 5.32 Å². The van der Waals surface area contributed by atoms with E-state index in [1.807, 2.05) is 14.1 Å². The maximum atomic E-state index is 2.75. The average molecular weight is 52.0 g/mol. The Morgan fingerprint density at radius 3 is 1.25 bits per heavy atom. The van der Waals surface area contributed by atoms with Crippen molar-refractivity contribution in [3.05, 3.63) is 0 Å². The standard InChI is InChI=1S/C2H7N.Li/c1-3-2;/h3H,1-2H3;/q;+1. The second-order valence-corrected chi connectivity index (χ2v) is 0.500. The molecular formula is C2H7LiN+. The van der Waals surface area contributed by atoms with Gasteiger partial charge in [0.2, 0.25) is 0 Å². The van der Waals surface area contributed by atoms with Gasteiger partial charge in [0.25, 0.3) is 0 Å². The molecule has 0 unspecified atom stereocenters. The van der Waals surface area contributed by atoms with E-state index in [-0.39, 0.29) is 18.9 Å². The topological polar surface area (TPSA) is 12.0 Å². The Balaban J connectivity index is 0. The van der Waals surface area contributed by atoms with E-state index in [4.69, 9.17) is 0 Å². The zero-order chi connectivity index (χ0) is 2.71. The molecule has 0 aromatic rings. The molecule has 0 aromatic carbocycles. The number of hydrogen-bond donors (Lipinski definition) is 1. The van der Waals surface area contributed by atoms with Crippen LogP contribution in [0.1, 0.15) is 0 Å². The van der Waals surface area contributed by atoms with Gasteiger partial charge in [-0.15, -0.1) is 0 Å². The predicted molar refractivity (Wildman–Crippen MR) is 15.0 cm³/mol. The van der Waals surface area contributed by atoms with E-state index in [9.17, 15) is 0 Å². The van der Waals surface area contributed by atoms with Gasteiger partial charge in [0.05, 0.1) is 0 Å². The molecule has 4 heavy (non-hydrogen) atoms. The Kier molecular flexibility index (Phi) is 21.1. The van der Waals surface area contributed by atoms with Crippen LogP contribution < -0.4 is 24.2 Å². The van der Waals surface area contributed by atoms with Gasteiger partial charge in [-0.1, -0.05) is 0 Å². The summed E-state index contributed by atoms with van der Waals surface area (Å²) in [5.41, 5.74) is 0. The fourth-order valence-electron chi connectivity index (χ4n) is 0. The summed E-state index contributed by atoms with van der Waals surface area (Å²) in [6, 6.07) is 0. The third kappa shape index (κ3) is 20.0. The summed E-state index contributed by atoms with van der Waals surface area (Å²) >= 11 is 0. The van der Waals surface area contributed by atoms with Crippen molar-refractivity contribution in [2.24, 2.45) is 0 Å². The average Bonchev–Trinajstić information content (AvgIpc) is 0.918. The van der Waals surface area contributed by atoms with Crippen LogP contribution in [0.4, 0.5) is 0 Å². The minimum atomic E-state index is 0. The molecule has 0 amide bonds. The van der Waals surface area contributed by atoms with Crippen molar-refractivity contribution < 1.29 is 18.9 Å². The molecule has 0 aliphatic carbocycles. The summed E-state index contributed by atoms with van der Waals surface area (Å²) in [6.45, 7) is 0. The molecule has 0 aliphatic rings. The smallest absolute Gasteiger partial charge is 0.323 e. The first-order chi connectivity index (χ1) is 1.41. The Bertz CT molecular complexity index is 6.00. The predicted octanol–water partition coefficient (Wildman–Crippen LogP) is -3.16. The Labute approximate surface area is 39.0 Å². The van der Waals surface area contributed by atoms with Gasteiger partial charge in [0.1, 0.15) is 0 Å². The van der Waals surface area contributed by atoms with E-state index in [0.717, 1.165) is 0 Å². The fraction of sp³-hybridized carbons (Fsp3) is 1.00. The quantitative estimate of drug-likeness (QED) is 0.287. The van der Waals surface area contributed by atoms with Gasteiger partial charge in [-0.05, 0) is 14.1 Å². The van der Waals surface area contributed by atoms with E-state index in [1.165, 1.54) is 0 Å². The van der Waals surface area contributed by atoms with Crippen LogP contribution in [0.3, 0.4) is 0 Å². The van der Waals surface area contributed by atoms with Crippen LogP contribution in [0.5, 0.6) is 0 Å². The normalized spacial score (nSPS) is 4.50. The van der Waals surface area contributed by atoms with E-state index in [0.29, 0.717) is 0 Å². The summed E-state index contributed by atoms with van der Waals surface area (Å²) in [6.07, 6.45) is 0. The molecule has 0 spiro atoms. The molecule has 0 radical (unpaired) electrons. The van der Waals surface area contributed by atoms with Crippen LogP contribution >= 0.6 is 0 Å². The van der Waals surface area contributed by atoms with Gasteiger partial charge >= 0.3 is 18.9 Å². The van der Waals surface area contributed by atoms with Gasteiger partial charge in [0, 0.05) is 0 Å². The van der Waals surface area contributed by atoms with Gasteiger partial charge in [-0.3, -0.25) is 0 Å². The Hall–Kier alpha value is 0.557. The molecular weight excluding hydrogens is 45.0 g/mol. The molecule has 0 atom stereocenters. The largest absolute Gasteiger partial charge is 1.00 e. The second kappa shape index (κ2) is 9.59. The number of nitrogens with one attached hydrogen (secondary N) is 1. The van der Waals surface area contributed by atoms with Crippen molar-refractivity contribution in [1.82, 2.24) is 5.32 Å². The third-order valence-corrected chi connectivity index (χ3v) is 0. The van der Waals surface area contributed by atoms with Crippen LogP contribution in [0.15, 0.2) is 0 Å². The van der Waals surface area contributed by atoms with Gasteiger partial charge in [-0.25, -0.2) is 0 Å². The minimum Gasteiger partial charge on any atom is -0.323 e. The van der Waals surface area contributed by atoms with Crippen molar-refractivity contribution in [2.45, 2.75) is 0 Å². The van der Waals surface area contributed by atoms with Crippen molar-refractivity contribution in [2.75, 3.05) is 14.1 Å². The molecule has 0 saturated carbocycles. The van der Waals surface area contributed by atoms with E-state index < -0.39 is 0 Å². The molecule has 1 N–H and O–H groups in total. The Morgan fingerprint density at radius 1 is 1.25 bits per heavy atom. The fourth-order valence-corrected chi connectivity index (χ4v) is 0. The molecule has 0 saturated heterocycles. The molecule has 0 bridgehead atoms.